The number of hydrogen-bond acceptors (Lipinski definition) is 5. The maximum atomic E-state index is 12.9. The van der Waals surface area contributed by atoms with Crippen molar-refractivity contribution in [2.45, 2.75) is 51.4 Å². The van der Waals surface area contributed by atoms with Gasteiger partial charge in [-0.1, -0.05) is 43.8 Å². The summed E-state index contributed by atoms with van der Waals surface area (Å²) in [4.78, 5) is 14.9. The average Bonchev–Trinajstić information content (AvgIpc) is 3.01. The second-order valence-corrected chi connectivity index (χ2v) is 8.87. The van der Waals surface area contributed by atoms with Crippen LogP contribution in [0.1, 0.15) is 38.3 Å². The highest BCUT2D eigenvalue weighted by molar-refractivity contribution is 8.00. The molecule has 0 bridgehead atoms. The van der Waals surface area contributed by atoms with E-state index in [0.29, 0.717) is 17.0 Å². The number of para-hydroxylation sites is 1. The third kappa shape index (κ3) is 3.92. The van der Waals surface area contributed by atoms with E-state index in [-0.39, 0.29) is 11.2 Å². The molecule has 1 aliphatic rings. The van der Waals surface area contributed by atoms with Crippen molar-refractivity contribution in [3.63, 3.8) is 0 Å². The Morgan fingerprint density at radius 2 is 1.81 bits per heavy atom. The molecule has 140 valence electrons. The Morgan fingerprint density at radius 1 is 1.19 bits per heavy atom. The average molecular weight is 374 g/mol. The van der Waals surface area contributed by atoms with Crippen molar-refractivity contribution in [1.82, 2.24) is 25.1 Å². The van der Waals surface area contributed by atoms with E-state index in [1.807, 2.05) is 43.9 Å². The third-order valence-electron chi connectivity index (χ3n) is 4.90. The normalized spacial score (nSPS) is 21.7. The molecule has 2 aromatic rings. The summed E-state index contributed by atoms with van der Waals surface area (Å²) in [5.74, 6) is 1.28. The Morgan fingerprint density at radius 3 is 2.42 bits per heavy atom. The van der Waals surface area contributed by atoms with Crippen molar-refractivity contribution in [1.29, 1.82) is 0 Å². The maximum Gasteiger partial charge on any atom is 0.235 e. The summed E-state index contributed by atoms with van der Waals surface area (Å²) in [5.41, 5.74) is 3.20. The van der Waals surface area contributed by atoms with Gasteiger partial charge in [0.15, 0.2) is 0 Å². The van der Waals surface area contributed by atoms with Crippen molar-refractivity contribution in [2.24, 2.45) is 11.8 Å². The minimum absolute atomic E-state index is 0.171. The van der Waals surface area contributed by atoms with Gasteiger partial charge in [0.2, 0.25) is 11.1 Å². The molecule has 1 aromatic carbocycles. The van der Waals surface area contributed by atoms with E-state index in [0.717, 1.165) is 29.9 Å². The predicted octanol–water partition coefficient (Wildman–Crippen LogP) is 3.26. The van der Waals surface area contributed by atoms with Crippen LogP contribution in [0.4, 0.5) is 0 Å². The van der Waals surface area contributed by atoms with Crippen molar-refractivity contribution >= 4 is 17.7 Å². The topological polar surface area (TPSA) is 63.9 Å². The molecule has 1 fully saturated rings. The molecule has 26 heavy (non-hydrogen) atoms. The zero-order valence-electron chi connectivity index (χ0n) is 16.1. The van der Waals surface area contributed by atoms with Crippen LogP contribution in [0.15, 0.2) is 23.4 Å². The van der Waals surface area contributed by atoms with Gasteiger partial charge < -0.3 is 4.90 Å². The van der Waals surface area contributed by atoms with Gasteiger partial charge in [0, 0.05) is 13.1 Å². The lowest BCUT2D eigenvalue weighted by atomic mass is 9.92. The van der Waals surface area contributed by atoms with Crippen LogP contribution in [0.5, 0.6) is 0 Å². The molecule has 0 aliphatic carbocycles. The number of thioether (sulfide) groups is 1. The van der Waals surface area contributed by atoms with E-state index in [1.165, 1.54) is 18.2 Å². The van der Waals surface area contributed by atoms with E-state index in [1.54, 1.807) is 4.68 Å². The Bertz CT molecular complexity index is 760. The standard InChI is InChI=1S/C19H27N5OS/c1-12-9-13(2)11-23(10-12)18(25)16(5)26-19-20-21-22-24(19)17-14(3)7-6-8-15(17)4/h6-8,12-13,16H,9-11H2,1-5H3/t12-,13-,16-/m0/s1. The van der Waals surface area contributed by atoms with Gasteiger partial charge >= 0.3 is 0 Å². The second-order valence-electron chi connectivity index (χ2n) is 7.56. The number of rotatable bonds is 4. The Labute approximate surface area is 159 Å². The third-order valence-corrected chi connectivity index (χ3v) is 5.92. The molecule has 0 spiro atoms. The highest BCUT2D eigenvalue weighted by Crippen LogP contribution is 2.29. The Kier molecular flexibility index (Phi) is 5.65. The van der Waals surface area contributed by atoms with Crippen LogP contribution >= 0.6 is 11.8 Å². The zero-order valence-corrected chi connectivity index (χ0v) is 17.0. The molecule has 7 heteroatoms. The van der Waals surface area contributed by atoms with Gasteiger partial charge in [-0.2, -0.15) is 4.68 Å². The number of piperidine rings is 1. The zero-order chi connectivity index (χ0) is 18.8. The fourth-order valence-electron chi connectivity index (χ4n) is 3.84. The molecule has 6 nitrogen and oxygen atoms in total. The SMILES string of the molecule is Cc1cccc(C)c1-n1nnnc1S[C@@H](C)C(=O)N1C[C@@H](C)C[C@H](C)C1. The summed E-state index contributed by atoms with van der Waals surface area (Å²) in [6, 6.07) is 6.11. The summed E-state index contributed by atoms with van der Waals surface area (Å²) in [6.45, 7) is 12.2. The van der Waals surface area contributed by atoms with Crippen molar-refractivity contribution < 1.29 is 4.79 Å². The Hall–Kier alpha value is -1.89. The highest BCUT2D eigenvalue weighted by atomic mass is 32.2. The first-order valence-corrected chi connectivity index (χ1v) is 10.0. The summed E-state index contributed by atoms with van der Waals surface area (Å²) >= 11 is 1.43. The lowest BCUT2D eigenvalue weighted by molar-refractivity contribution is -0.132. The lowest BCUT2D eigenvalue weighted by Crippen LogP contribution is -2.45. The molecule has 0 N–H and O–H groups in total. The van der Waals surface area contributed by atoms with Gasteiger partial charge in [-0.25, -0.2) is 0 Å². The van der Waals surface area contributed by atoms with Crippen LogP contribution in [-0.4, -0.2) is 49.4 Å². The Balaban J connectivity index is 1.78. The molecule has 0 radical (unpaired) electrons. The first kappa shape index (κ1) is 18.9. The summed E-state index contributed by atoms with van der Waals surface area (Å²) in [7, 11) is 0. The van der Waals surface area contributed by atoms with Gasteiger partial charge in [0.1, 0.15) is 0 Å². The van der Waals surface area contributed by atoms with Gasteiger partial charge in [-0.3, -0.25) is 4.79 Å². The molecule has 0 saturated carbocycles. The largest absolute Gasteiger partial charge is 0.341 e. The molecular weight excluding hydrogens is 346 g/mol. The van der Waals surface area contributed by atoms with E-state index in [9.17, 15) is 4.79 Å². The van der Waals surface area contributed by atoms with Crippen LogP contribution in [0.25, 0.3) is 5.69 Å². The van der Waals surface area contributed by atoms with Crippen LogP contribution in [-0.2, 0) is 4.79 Å². The fourth-order valence-corrected chi connectivity index (χ4v) is 4.72. The van der Waals surface area contributed by atoms with Crippen molar-refractivity contribution in [3.05, 3.63) is 29.3 Å². The number of tetrazole rings is 1. The van der Waals surface area contributed by atoms with Gasteiger partial charge in [0.25, 0.3) is 0 Å². The quantitative estimate of drug-likeness (QED) is 0.770. The minimum atomic E-state index is -0.221. The molecule has 1 aliphatic heterocycles. The maximum absolute atomic E-state index is 12.9. The van der Waals surface area contributed by atoms with Crippen LogP contribution < -0.4 is 0 Å². The number of nitrogens with zero attached hydrogens (tertiary/aromatic N) is 5. The monoisotopic (exact) mass is 373 g/mol. The molecule has 1 amide bonds. The molecule has 1 saturated heterocycles. The highest BCUT2D eigenvalue weighted by Gasteiger charge is 2.29. The molecule has 2 heterocycles. The second kappa shape index (κ2) is 7.78. The lowest BCUT2D eigenvalue weighted by Gasteiger charge is -2.36. The molecule has 1 aromatic heterocycles. The number of amides is 1. The number of carbonyl (C=O) groups is 1. The summed E-state index contributed by atoms with van der Waals surface area (Å²) < 4.78 is 1.75. The number of aryl methyl sites for hydroxylation is 2. The molecule has 3 rings (SSSR count). The number of likely N-dealkylation sites (tertiary alicyclic amines) is 1. The van der Waals surface area contributed by atoms with Crippen molar-refractivity contribution in [3.8, 4) is 5.69 Å². The van der Waals surface area contributed by atoms with Gasteiger partial charge in [0.05, 0.1) is 10.9 Å². The smallest absolute Gasteiger partial charge is 0.235 e. The molecular formula is C19H27N5OS. The number of carbonyl (C=O) groups excluding carboxylic acids is 1. The van der Waals surface area contributed by atoms with E-state index in [4.69, 9.17) is 0 Å². The van der Waals surface area contributed by atoms with E-state index >= 15 is 0 Å². The van der Waals surface area contributed by atoms with Crippen LogP contribution in [0, 0.1) is 25.7 Å². The van der Waals surface area contributed by atoms with Crippen LogP contribution in [0.3, 0.4) is 0 Å². The van der Waals surface area contributed by atoms with Crippen molar-refractivity contribution in [2.75, 3.05) is 13.1 Å². The van der Waals surface area contributed by atoms with E-state index < -0.39 is 0 Å². The molecule has 0 unspecified atom stereocenters. The fraction of sp³-hybridized carbons (Fsp3) is 0.579. The first-order valence-electron chi connectivity index (χ1n) is 9.17. The predicted molar refractivity (Wildman–Crippen MR) is 103 cm³/mol. The first-order chi connectivity index (χ1) is 12.4. The number of hydrogen-bond donors (Lipinski definition) is 0. The summed E-state index contributed by atoms with van der Waals surface area (Å²) in [5, 5.41) is 12.6. The van der Waals surface area contributed by atoms with Crippen LogP contribution in [0.2, 0.25) is 0 Å². The number of benzene rings is 1. The van der Waals surface area contributed by atoms with Gasteiger partial charge in [-0.15, -0.1) is 5.10 Å². The minimum Gasteiger partial charge on any atom is -0.341 e. The summed E-state index contributed by atoms with van der Waals surface area (Å²) in [6.07, 6.45) is 1.19. The molecule has 3 atom stereocenters. The van der Waals surface area contributed by atoms with Gasteiger partial charge in [-0.05, 0) is 60.6 Å². The van der Waals surface area contributed by atoms with E-state index in [2.05, 4.69) is 29.4 Å². The number of aromatic nitrogens is 4.